The largest absolute Gasteiger partial charge is 0.316 e. The van der Waals surface area contributed by atoms with Crippen molar-refractivity contribution in [3.05, 3.63) is 36.0 Å². The molecule has 26 heavy (non-hydrogen) atoms. The molecule has 6 nitrogen and oxygen atoms in total. The second-order valence-electron chi connectivity index (χ2n) is 6.54. The number of hydrogen-bond donors (Lipinski definition) is 1. The average Bonchev–Trinajstić information content (AvgIpc) is 3.24. The van der Waals surface area contributed by atoms with E-state index in [4.69, 9.17) is 0 Å². The summed E-state index contributed by atoms with van der Waals surface area (Å²) < 4.78 is 1.98. The molecule has 1 amide bonds. The molecule has 7 heteroatoms. The number of rotatable bonds is 6. The highest BCUT2D eigenvalue weighted by molar-refractivity contribution is 7.99. The number of imidazole rings is 1. The molecule has 0 saturated heterocycles. The smallest absolute Gasteiger partial charge is 0.237 e. The number of aromatic amines is 1. The quantitative estimate of drug-likeness (QED) is 0.667. The number of nitrogens with zero attached hydrogens (tertiary/aromatic N) is 4. The number of carbonyl (C=O) groups is 1. The van der Waals surface area contributed by atoms with E-state index in [0.29, 0.717) is 11.5 Å². The Morgan fingerprint density at radius 2 is 2.23 bits per heavy atom. The van der Waals surface area contributed by atoms with Gasteiger partial charge in [-0.2, -0.15) is 0 Å². The van der Waals surface area contributed by atoms with E-state index < -0.39 is 0 Å². The van der Waals surface area contributed by atoms with Crippen LogP contribution in [-0.4, -0.2) is 42.7 Å². The van der Waals surface area contributed by atoms with Gasteiger partial charge in [0.15, 0.2) is 5.16 Å². The molecule has 0 atom stereocenters. The molecule has 0 spiro atoms. The Kier molecular flexibility index (Phi) is 4.97. The van der Waals surface area contributed by atoms with Gasteiger partial charge in [-0.3, -0.25) is 9.20 Å². The fraction of sp³-hybridized carbons (Fsp3) is 0.421. The molecule has 2 heterocycles. The summed E-state index contributed by atoms with van der Waals surface area (Å²) in [6.07, 6.45) is 7.69. The van der Waals surface area contributed by atoms with Crippen molar-refractivity contribution >= 4 is 34.5 Å². The Balaban J connectivity index is 1.53. The van der Waals surface area contributed by atoms with Crippen LogP contribution < -0.4 is 0 Å². The van der Waals surface area contributed by atoms with E-state index >= 15 is 0 Å². The molecule has 0 unspecified atom stereocenters. The van der Waals surface area contributed by atoms with Crippen molar-refractivity contribution in [2.24, 2.45) is 0 Å². The maximum atomic E-state index is 12.9. The molecule has 2 aromatic heterocycles. The first kappa shape index (κ1) is 17.1. The van der Waals surface area contributed by atoms with E-state index in [1.165, 1.54) is 30.3 Å². The highest BCUT2D eigenvalue weighted by Gasteiger charge is 2.20. The number of para-hydroxylation sites is 2. The number of fused-ring (bicyclic) bond motifs is 3. The number of allylic oxidation sites excluding steroid dienone is 2. The predicted octanol–water partition coefficient (Wildman–Crippen LogP) is 4.00. The summed E-state index contributed by atoms with van der Waals surface area (Å²) in [7, 11) is 0. The van der Waals surface area contributed by atoms with Crippen LogP contribution in [0.1, 0.15) is 39.0 Å². The number of hydrogen-bond acceptors (Lipinski definition) is 4. The van der Waals surface area contributed by atoms with Crippen LogP contribution in [0.4, 0.5) is 0 Å². The highest BCUT2D eigenvalue weighted by atomic mass is 32.2. The summed E-state index contributed by atoms with van der Waals surface area (Å²) in [5.74, 6) is 1.25. The number of H-pyrrole nitrogens is 1. The van der Waals surface area contributed by atoms with E-state index in [2.05, 4.69) is 28.2 Å². The van der Waals surface area contributed by atoms with Gasteiger partial charge in [0.1, 0.15) is 0 Å². The van der Waals surface area contributed by atoms with Gasteiger partial charge >= 0.3 is 0 Å². The lowest BCUT2D eigenvalue weighted by Crippen LogP contribution is -2.33. The number of amides is 1. The predicted molar refractivity (Wildman–Crippen MR) is 104 cm³/mol. The number of benzene rings is 1. The van der Waals surface area contributed by atoms with Crippen LogP contribution in [0, 0.1) is 0 Å². The number of carbonyl (C=O) groups excluding carboxylic acids is 1. The number of aromatic nitrogens is 4. The fourth-order valence-electron chi connectivity index (χ4n) is 3.46. The molecule has 136 valence electrons. The maximum Gasteiger partial charge on any atom is 0.237 e. The first-order valence-electron chi connectivity index (χ1n) is 9.21. The van der Waals surface area contributed by atoms with Crippen molar-refractivity contribution in [3.63, 3.8) is 0 Å². The van der Waals surface area contributed by atoms with Crippen LogP contribution in [0.15, 0.2) is 41.2 Å². The summed E-state index contributed by atoms with van der Waals surface area (Å²) in [6.45, 7) is 2.90. The van der Waals surface area contributed by atoms with Crippen LogP contribution in [0.3, 0.4) is 0 Å². The van der Waals surface area contributed by atoms with Crippen molar-refractivity contribution < 1.29 is 4.79 Å². The van der Waals surface area contributed by atoms with E-state index in [-0.39, 0.29) is 5.91 Å². The SMILES string of the molecule is CCCN(C(=O)CSc1n[nH]c2nc3ccccc3n12)C1=CCCCC1. The van der Waals surface area contributed by atoms with Gasteiger partial charge < -0.3 is 4.90 Å². The molecule has 1 N–H and O–H groups in total. The fourth-order valence-corrected chi connectivity index (χ4v) is 4.29. The molecule has 0 radical (unpaired) electrons. The third-order valence-electron chi connectivity index (χ3n) is 4.69. The lowest BCUT2D eigenvalue weighted by atomic mass is 10.0. The molecule has 4 rings (SSSR count). The van der Waals surface area contributed by atoms with Gasteiger partial charge in [0.25, 0.3) is 0 Å². The Labute approximate surface area is 156 Å². The van der Waals surface area contributed by atoms with Gasteiger partial charge in [-0.15, -0.1) is 5.10 Å². The number of nitrogens with one attached hydrogen (secondary N) is 1. The summed E-state index contributed by atoms with van der Waals surface area (Å²) in [5, 5.41) is 8.09. The highest BCUT2D eigenvalue weighted by Crippen LogP contribution is 2.25. The molecule has 3 aromatic rings. The lowest BCUT2D eigenvalue weighted by molar-refractivity contribution is -0.126. The molecule has 0 bridgehead atoms. The van der Waals surface area contributed by atoms with E-state index in [1.54, 1.807) is 0 Å². The first-order valence-corrected chi connectivity index (χ1v) is 10.2. The Morgan fingerprint density at radius 1 is 1.35 bits per heavy atom. The summed E-state index contributed by atoms with van der Waals surface area (Å²) >= 11 is 1.46. The molecule has 1 aliphatic rings. The Hall–Kier alpha value is -2.28. The van der Waals surface area contributed by atoms with Crippen LogP contribution in [0.2, 0.25) is 0 Å². The van der Waals surface area contributed by atoms with Crippen molar-refractivity contribution in [2.45, 2.75) is 44.2 Å². The summed E-state index contributed by atoms with van der Waals surface area (Å²) in [5.41, 5.74) is 3.13. The van der Waals surface area contributed by atoms with Gasteiger partial charge in [0.05, 0.1) is 16.8 Å². The van der Waals surface area contributed by atoms with E-state index in [9.17, 15) is 4.79 Å². The Morgan fingerprint density at radius 3 is 3.04 bits per heavy atom. The molecular weight excluding hydrogens is 346 g/mol. The van der Waals surface area contributed by atoms with Crippen molar-refractivity contribution in [3.8, 4) is 0 Å². The summed E-state index contributed by atoms with van der Waals surface area (Å²) in [6, 6.07) is 7.96. The summed E-state index contributed by atoms with van der Waals surface area (Å²) in [4.78, 5) is 19.4. The topological polar surface area (TPSA) is 66.3 Å². The van der Waals surface area contributed by atoms with E-state index in [1.807, 2.05) is 33.6 Å². The molecule has 1 aromatic carbocycles. The van der Waals surface area contributed by atoms with Gasteiger partial charge in [-0.25, -0.2) is 10.1 Å². The average molecular weight is 369 g/mol. The molecule has 0 fully saturated rings. The monoisotopic (exact) mass is 369 g/mol. The molecule has 0 aliphatic heterocycles. The van der Waals surface area contributed by atoms with Crippen LogP contribution >= 0.6 is 11.8 Å². The molecular formula is C19H23N5OS. The van der Waals surface area contributed by atoms with Crippen LogP contribution in [0.5, 0.6) is 0 Å². The van der Waals surface area contributed by atoms with Gasteiger partial charge in [0.2, 0.25) is 11.7 Å². The maximum absolute atomic E-state index is 12.9. The zero-order chi connectivity index (χ0) is 17.9. The second kappa shape index (κ2) is 7.53. The van der Waals surface area contributed by atoms with Crippen LogP contribution in [0.25, 0.3) is 16.8 Å². The normalized spacial score (nSPS) is 14.7. The minimum absolute atomic E-state index is 0.158. The van der Waals surface area contributed by atoms with Crippen molar-refractivity contribution in [2.75, 3.05) is 12.3 Å². The third-order valence-corrected chi connectivity index (χ3v) is 5.61. The Bertz CT molecular complexity index is 957. The first-order chi connectivity index (χ1) is 12.8. The standard InChI is InChI=1S/C19H23N5OS/c1-2-12-23(14-8-4-3-5-9-14)17(25)13-26-19-22-21-18-20-15-10-6-7-11-16(15)24(18)19/h6-8,10-11H,2-5,9,12-13H2,1H3,(H,20,21). The third kappa shape index (κ3) is 3.23. The number of thioether (sulfide) groups is 1. The minimum atomic E-state index is 0.158. The minimum Gasteiger partial charge on any atom is -0.316 e. The second-order valence-corrected chi connectivity index (χ2v) is 7.48. The van der Waals surface area contributed by atoms with Gasteiger partial charge in [-0.05, 0) is 44.2 Å². The molecule has 0 saturated carbocycles. The van der Waals surface area contributed by atoms with Gasteiger partial charge in [0, 0.05) is 12.2 Å². The van der Waals surface area contributed by atoms with Crippen LogP contribution in [-0.2, 0) is 4.79 Å². The molecule has 1 aliphatic carbocycles. The zero-order valence-corrected chi connectivity index (χ0v) is 15.8. The van der Waals surface area contributed by atoms with Crippen molar-refractivity contribution in [1.82, 2.24) is 24.5 Å². The van der Waals surface area contributed by atoms with E-state index in [0.717, 1.165) is 42.0 Å². The van der Waals surface area contributed by atoms with Crippen molar-refractivity contribution in [1.29, 1.82) is 0 Å². The van der Waals surface area contributed by atoms with Gasteiger partial charge in [-0.1, -0.05) is 36.9 Å². The lowest BCUT2D eigenvalue weighted by Gasteiger charge is -2.27. The zero-order valence-electron chi connectivity index (χ0n) is 14.9.